The normalized spacial score (nSPS) is 28.9. The average Bonchev–Trinajstić information content (AvgIpc) is 2.27. The van der Waals surface area contributed by atoms with Crippen molar-refractivity contribution in [2.24, 2.45) is 0 Å². The second-order valence-corrected chi connectivity index (χ2v) is 7.02. The zero-order valence-corrected chi connectivity index (χ0v) is 12.3. The van der Waals surface area contributed by atoms with Crippen molar-refractivity contribution in [1.29, 1.82) is 0 Å². The van der Waals surface area contributed by atoms with Gasteiger partial charge < -0.3 is 5.48 Å². The molecule has 0 saturated carbocycles. The van der Waals surface area contributed by atoms with Gasteiger partial charge in [0.15, 0.2) is 0 Å². The van der Waals surface area contributed by atoms with Crippen molar-refractivity contribution in [3.05, 3.63) is 35.9 Å². The van der Waals surface area contributed by atoms with Crippen molar-refractivity contribution >= 4 is 15.4 Å². The Bertz CT molecular complexity index is 340. The van der Waals surface area contributed by atoms with Gasteiger partial charge in [-0.15, -0.1) is 0 Å². The van der Waals surface area contributed by atoms with Gasteiger partial charge in [-0.25, -0.2) is 0 Å². The molecule has 1 radical (unpaired) electrons. The summed E-state index contributed by atoms with van der Waals surface area (Å²) in [6, 6.07) is 10.4. The van der Waals surface area contributed by atoms with Gasteiger partial charge in [0.1, 0.15) is 0 Å². The predicted octanol–water partition coefficient (Wildman–Crippen LogP) is 0.267. The Balaban J connectivity index is 0.00000120. The quantitative estimate of drug-likeness (QED) is 0.698. The molecule has 1 aromatic carbocycles. The van der Waals surface area contributed by atoms with Crippen LogP contribution in [0.25, 0.3) is 0 Å². The summed E-state index contributed by atoms with van der Waals surface area (Å²) in [7, 11) is 0. The molecule has 4 rings (SSSR count). The molecule has 0 spiro atoms. The Morgan fingerprint density at radius 1 is 1.06 bits per heavy atom. The van der Waals surface area contributed by atoms with E-state index in [-0.39, 0.29) is 11.6 Å². The molecule has 3 aliphatic heterocycles. The monoisotopic (exact) mass is 314 g/mol. The molecule has 6 heteroatoms. The Morgan fingerprint density at radius 3 is 2.39 bits per heavy atom. The molecule has 18 heavy (non-hydrogen) atoms. The number of hydrogen-bond donors (Lipinski definition) is 0. The average molecular weight is 313 g/mol. The van der Waals surface area contributed by atoms with Gasteiger partial charge in [-0.2, -0.15) is 0 Å². The summed E-state index contributed by atoms with van der Waals surface area (Å²) >= 11 is -2.20. The Morgan fingerprint density at radius 2 is 1.72 bits per heavy atom. The minimum atomic E-state index is -2.20. The molecule has 0 amide bonds. The van der Waals surface area contributed by atoms with E-state index in [2.05, 4.69) is 29.2 Å². The third kappa shape index (κ3) is 3.31. The summed E-state index contributed by atoms with van der Waals surface area (Å²) in [5.41, 5.74) is 1.22. The van der Waals surface area contributed by atoms with E-state index in [0.29, 0.717) is 0 Å². The summed E-state index contributed by atoms with van der Waals surface area (Å²) in [5, 5.41) is 0. The van der Waals surface area contributed by atoms with E-state index in [4.69, 9.17) is 11.3 Å². The van der Waals surface area contributed by atoms with Crippen LogP contribution in [0.5, 0.6) is 0 Å². The maximum absolute atomic E-state index is 6.03. The van der Waals surface area contributed by atoms with Crippen LogP contribution in [0.1, 0.15) is 11.7 Å². The van der Waals surface area contributed by atoms with Gasteiger partial charge >= 0.3 is 106 Å². The minimum absolute atomic E-state index is 0. The summed E-state index contributed by atoms with van der Waals surface area (Å²) < 4.78 is 17.4. The number of rotatable bonds is 1. The van der Waals surface area contributed by atoms with Crippen molar-refractivity contribution < 1.29 is 16.8 Å². The Kier molecular flexibility index (Phi) is 5.16. The molecule has 2 N–H and O–H groups in total. The first kappa shape index (κ1) is 14.0. The molecular weight excluding hydrogens is 295 g/mol. The number of fused-ring (bicyclic) bond motifs is 6. The van der Waals surface area contributed by atoms with Gasteiger partial charge in [0.2, 0.25) is 0 Å². The van der Waals surface area contributed by atoms with Crippen molar-refractivity contribution in [2.75, 3.05) is 32.8 Å². The fourth-order valence-corrected chi connectivity index (χ4v) is 4.62. The second kappa shape index (κ2) is 6.65. The van der Waals surface area contributed by atoms with Gasteiger partial charge in [0.05, 0.1) is 0 Å². The number of hydrogen-bond acceptors (Lipinski definition) is 4. The van der Waals surface area contributed by atoms with Crippen molar-refractivity contribution in [3.8, 4) is 0 Å². The van der Waals surface area contributed by atoms with Crippen molar-refractivity contribution in [1.82, 2.24) is 4.90 Å². The van der Waals surface area contributed by atoms with Gasteiger partial charge in [0.25, 0.3) is 0 Å². The van der Waals surface area contributed by atoms with E-state index in [1.54, 1.807) is 0 Å². The van der Waals surface area contributed by atoms with E-state index < -0.39 is 15.4 Å². The molecular formula is C12H18GeNO4. The SMILES string of the molecule is O.c1ccc(C2CN3CC[O][Ge]([O]CC3)[O]2)cc1. The van der Waals surface area contributed by atoms with Crippen LogP contribution < -0.4 is 0 Å². The first-order valence-corrected chi connectivity index (χ1v) is 8.55. The predicted molar refractivity (Wildman–Crippen MR) is 68.0 cm³/mol. The van der Waals surface area contributed by atoms with Gasteiger partial charge in [0, 0.05) is 0 Å². The summed E-state index contributed by atoms with van der Waals surface area (Å²) in [6.07, 6.45) is 0.104. The topological polar surface area (TPSA) is 62.4 Å². The van der Waals surface area contributed by atoms with E-state index >= 15 is 0 Å². The van der Waals surface area contributed by atoms with Gasteiger partial charge in [-0.1, -0.05) is 0 Å². The second-order valence-electron chi connectivity index (χ2n) is 4.26. The molecule has 99 valence electrons. The molecule has 3 aliphatic rings. The molecule has 3 saturated heterocycles. The molecule has 2 bridgehead atoms. The molecule has 3 heterocycles. The van der Waals surface area contributed by atoms with Crippen molar-refractivity contribution in [3.63, 3.8) is 0 Å². The molecule has 1 aromatic rings. The van der Waals surface area contributed by atoms with Crippen LogP contribution in [-0.4, -0.2) is 58.6 Å². The van der Waals surface area contributed by atoms with Crippen molar-refractivity contribution in [2.45, 2.75) is 6.10 Å². The summed E-state index contributed by atoms with van der Waals surface area (Å²) in [6.45, 7) is 4.43. The summed E-state index contributed by atoms with van der Waals surface area (Å²) in [5.74, 6) is 0. The third-order valence-corrected chi connectivity index (χ3v) is 5.94. The zero-order valence-electron chi connectivity index (χ0n) is 10.2. The summed E-state index contributed by atoms with van der Waals surface area (Å²) in [4.78, 5) is 2.35. The van der Waals surface area contributed by atoms with Crippen LogP contribution in [0.3, 0.4) is 0 Å². The first-order valence-electron chi connectivity index (χ1n) is 5.98. The van der Waals surface area contributed by atoms with Crippen LogP contribution >= 0.6 is 0 Å². The fraction of sp³-hybridized carbons (Fsp3) is 0.500. The maximum atomic E-state index is 6.03. The Labute approximate surface area is 112 Å². The zero-order chi connectivity index (χ0) is 11.5. The third-order valence-electron chi connectivity index (χ3n) is 3.09. The van der Waals surface area contributed by atoms with Crippen LogP contribution in [0.15, 0.2) is 30.3 Å². The van der Waals surface area contributed by atoms with Crippen LogP contribution in [0, 0.1) is 0 Å². The van der Waals surface area contributed by atoms with E-state index in [9.17, 15) is 0 Å². The Hall–Kier alpha value is -0.437. The molecule has 1 unspecified atom stereocenters. The molecule has 5 nitrogen and oxygen atoms in total. The van der Waals surface area contributed by atoms with Crippen LogP contribution in [0.2, 0.25) is 0 Å². The fourth-order valence-electron chi connectivity index (χ4n) is 2.15. The van der Waals surface area contributed by atoms with E-state index in [0.717, 1.165) is 32.8 Å². The molecule has 3 fully saturated rings. The van der Waals surface area contributed by atoms with Gasteiger partial charge in [-0.05, 0) is 0 Å². The first-order chi connectivity index (χ1) is 8.42. The number of benzene rings is 1. The van der Waals surface area contributed by atoms with Gasteiger partial charge in [-0.3, -0.25) is 0 Å². The van der Waals surface area contributed by atoms with E-state index in [1.165, 1.54) is 5.56 Å². The molecule has 1 atom stereocenters. The van der Waals surface area contributed by atoms with E-state index in [1.807, 2.05) is 6.07 Å². The van der Waals surface area contributed by atoms with Crippen LogP contribution in [-0.2, 0) is 11.3 Å². The molecule has 0 aromatic heterocycles. The standard InChI is InChI=1S/C12H16GeNO3.H2O/c1-2-4-11(5-3-1)12-10-14-6-8-15-13(17-12)16-9-7-14;/h1-5,12H,6-10H2;1H2. The number of nitrogens with zero attached hydrogens (tertiary/aromatic N) is 1. The van der Waals surface area contributed by atoms with Crippen LogP contribution in [0.4, 0.5) is 0 Å². The molecule has 0 aliphatic carbocycles.